The zero-order chi connectivity index (χ0) is 12.1. The van der Waals surface area contributed by atoms with Gasteiger partial charge in [0.2, 0.25) is 0 Å². The van der Waals surface area contributed by atoms with Crippen LogP contribution in [0.4, 0.5) is 0 Å². The number of ketones is 1. The van der Waals surface area contributed by atoms with Gasteiger partial charge in [0, 0.05) is 23.2 Å². The lowest BCUT2D eigenvalue weighted by Gasteiger charge is -2.07. The Balaban J connectivity index is 1.86. The molecule has 0 spiro atoms. The molecular formula is C14H19NOS. The van der Waals surface area contributed by atoms with E-state index in [1.54, 1.807) is 11.8 Å². The fourth-order valence-electron chi connectivity index (χ4n) is 2.26. The predicted molar refractivity (Wildman–Crippen MR) is 71.3 cm³/mol. The van der Waals surface area contributed by atoms with Crippen molar-refractivity contribution in [2.24, 2.45) is 5.92 Å². The van der Waals surface area contributed by atoms with Crippen molar-refractivity contribution in [2.75, 3.05) is 5.75 Å². The minimum absolute atomic E-state index is 0.338. The lowest BCUT2D eigenvalue weighted by atomic mass is 10.0. The molecule has 17 heavy (non-hydrogen) atoms. The van der Waals surface area contributed by atoms with Gasteiger partial charge in [-0.25, -0.2) is 0 Å². The lowest BCUT2D eigenvalue weighted by molar-refractivity contribution is -0.120. The fraction of sp³-hybridized carbons (Fsp3) is 0.571. The molecule has 1 aromatic heterocycles. The minimum Gasteiger partial charge on any atom is -0.298 e. The molecule has 1 fully saturated rings. The Kier molecular flexibility index (Phi) is 4.60. The van der Waals surface area contributed by atoms with Gasteiger partial charge in [0.15, 0.2) is 0 Å². The molecule has 0 aliphatic heterocycles. The number of hydrogen-bond acceptors (Lipinski definition) is 3. The molecule has 1 heterocycles. The van der Waals surface area contributed by atoms with E-state index in [1.807, 2.05) is 12.4 Å². The molecule has 2 rings (SSSR count). The Labute approximate surface area is 107 Å². The van der Waals surface area contributed by atoms with E-state index in [4.69, 9.17) is 0 Å². The summed E-state index contributed by atoms with van der Waals surface area (Å²) in [4.78, 5) is 17.3. The monoisotopic (exact) mass is 249 g/mol. The molecule has 0 aromatic carbocycles. The number of thioether (sulfide) groups is 1. The summed E-state index contributed by atoms with van der Waals surface area (Å²) in [6.45, 7) is 2.12. The molecule has 0 unspecified atom stereocenters. The van der Waals surface area contributed by atoms with Crippen LogP contribution in [0, 0.1) is 5.92 Å². The third-order valence-electron chi connectivity index (χ3n) is 3.37. The summed E-state index contributed by atoms with van der Waals surface area (Å²) < 4.78 is 0. The third kappa shape index (κ3) is 3.56. The molecule has 3 heteroatoms. The summed E-state index contributed by atoms with van der Waals surface area (Å²) in [5.41, 5.74) is 1.24. The molecule has 1 aliphatic rings. The van der Waals surface area contributed by atoms with Crippen molar-refractivity contribution in [2.45, 2.75) is 43.9 Å². The van der Waals surface area contributed by atoms with Crippen LogP contribution < -0.4 is 0 Å². The topological polar surface area (TPSA) is 30.0 Å². The molecule has 0 amide bonds. The lowest BCUT2D eigenvalue weighted by Crippen LogP contribution is -2.12. The van der Waals surface area contributed by atoms with Gasteiger partial charge in [-0.3, -0.25) is 9.78 Å². The summed E-state index contributed by atoms with van der Waals surface area (Å²) in [6.07, 6.45) is 9.41. The Morgan fingerprint density at radius 3 is 2.88 bits per heavy atom. The van der Waals surface area contributed by atoms with Crippen molar-refractivity contribution < 1.29 is 4.79 Å². The summed E-state index contributed by atoms with van der Waals surface area (Å²) in [5, 5.41) is 0. The Morgan fingerprint density at radius 2 is 2.18 bits per heavy atom. The molecule has 1 aliphatic carbocycles. The number of carbonyl (C=O) groups excluding carboxylic acids is 1. The molecule has 2 nitrogen and oxygen atoms in total. The van der Waals surface area contributed by atoms with Crippen LogP contribution in [0.1, 0.15) is 38.2 Å². The van der Waals surface area contributed by atoms with Gasteiger partial charge in [-0.15, -0.1) is 11.8 Å². The van der Waals surface area contributed by atoms with Gasteiger partial charge < -0.3 is 0 Å². The van der Waals surface area contributed by atoms with Gasteiger partial charge in [0.1, 0.15) is 5.78 Å². The van der Waals surface area contributed by atoms with Crippen LogP contribution in [0.15, 0.2) is 23.4 Å². The van der Waals surface area contributed by atoms with Crippen molar-refractivity contribution in [3.8, 4) is 0 Å². The largest absolute Gasteiger partial charge is 0.298 e. The van der Waals surface area contributed by atoms with Gasteiger partial charge in [0.25, 0.3) is 0 Å². The molecule has 1 aromatic rings. The van der Waals surface area contributed by atoms with Gasteiger partial charge in [0.05, 0.1) is 5.75 Å². The van der Waals surface area contributed by atoms with Crippen LogP contribution in [0.3, 0.4) is 0 Å². The third-order valence-corrected chi connectivity index (χ3v) is 4.36. The number of aromatic nitrogens is 1. The van der Waals surface area contributed by atoms with Crippen molar-refractivity contribution >= 4 is 17.5 Å². The average molecular weight is 249 g/mol. The number of aryl methyl sites for hydroxylation is 1. The number of rotatable bonds is 5. The molecule has 0 N–H and O–H groups in total. The van der Waals surface area contributed by atoms with Crippen LogP contribution in [0.5, 0.6) is 0 Å². The summed E-state index contributed by atoms with van der Waals surface area (Å²) in [6, 6.07) is 2.14. The average Bonchev–Trinajstić information content (AvgIpc) is 2.90. The zero-order valence-corrected chi connectivity index (χ0v) is 11.1. The molecule has 1 saturated carbocycles. The molecular weight excluding hydrogens is 230 g/mol. The van der Waals surface area contributed by atoms with E-state index in [2.05, 4.69) is 18.0 Å². The molecule has 0 radical (unpaired) electrons. The van der Waals surface area contributed by atoms with E-state index in [9.17, 15) is 4.79 Å². The van der Waals surface area contributed by atoms with Gasteiger partial charge >= 0.3 is 0 Å². The first kappa shape index (κ1) is 12.6. The number of Topliss-reactive ketones (excluding diaryl/α,β-unsaturated/α-hetero) is 1. The standard InChI is InChI=1S/C14H19NOS/c1-2-11-7-13(9-15-8-11)17-10-14(16)12-5-3-4-6-12/h7-9,12H,2-6,10H2,1H3. The van der Waals surface area contributed by atoms with Crippen LogP contribution in [-0.2, 0) is 11.2 Å². The highest BCUT2D eigenvalue weighted by Crippen LogP contribution is 2.28. The number of pyridine rings is 1. The van der Waals surface area contributed by atoms with Crippen LogP contribution in [0.25, 0.3) is 0 Å². The molecule has 92 valence electrons. The number of carbonyl (C=O) groups is 1. The number of nitrogens with zero attached hydrogens (tertiary/aromatic N) is 1. The predicted octanol–water partition coefficient (Wildman–Crippen LogP) is 3.50. The van der Waals surface area contributed by atoms with Crippen LogP contribution >= 0.6 is 11.8 Å². The maximum absolute atomic E-state index is 11.9. The van der Waals surface area contributed by atoms with E-state index in [0.29, 0.717) is 17.5 Å². The normalized spacial score (nSPS) is 16.3. The van der Waals surface area contributed by atoms with E-state index in [-0.39, 0.29) is 0 Å². The summed E-state index contributed by atoms with van der Waals surface area (Å²) >= 11 is 1.63. The highest BCUT2D eigenvalue weighted by molar-refractivity contribution is 8.00. The molecule has 0 saturated heterocycles. The van der Waals surface area contributed by atoms with E-state index < -0.39 is 0 Å². The SMILES string of the molecule is CCc1cncc(SCC(=O)C2CCCC2)c1. The fourth-order valence-corrected chi connectivity index (χ4v) is 3.17. The summed E-state index contributed by atoms with van der Waals surface area (Å²) in [5.74, 6) is 1.37. The maximum atomic E-state index is 11.9. The van der Waals surface area contributed by atoms with E-state index >= 15 is 0 Å². The number of hydrogen-bond donors (Lipinski definition) is 0. The Morgan fingerprint density at radius 1 is 1.41 bits per heavy atom. The van der Waals surface area contributed by atoms with Crippen molar-refractivity contribution in [1.29, 1.82) is 0 Å². The van der Waals surface area contributed by atoms with Gasteiger partial charge in [-0.2, -0.15) is 0 Å². The highest BCUT2D eigenvalue weighted by Gasteiger charge is 2.22. The smallest absolute Gasteiger partial charge is 0.146 e. The second-order valence-corrected chi connectivity index (χ2v) is 5.67. The highest BCUT2D eigenvalue weighted by atomic mass is 32.2. The quantitative estimate of drug-likeness (QED) is 0.748. The Bertz CT molecular complexity index is 386. The van der Waals surface area contributed by atoms with E-state index in [0.717, 1.165) is 24.2 Å². The first-order valence-electron chi connectivity index (χ1n) is 6.39. The van der Waals surface area contributed by atoms with Crippen molar-refractivity contribution in [3.63, 3.8) is 0 Å². The molecule has 0 atom stereocenters. The maximum Gasteiger partial charge on any atom is 0.146 e. The van der Waals surface area contributed by atoms with E-state index in [1.165, 1.54) is 18.4 Å². The van der Waals surface area contributed by atoms with Gasteiger partial charge in [-0.1, -0.05) is 19.8 Å². The van der Waals surface area contributed by atoms with Crippen LogP contribution in [-0.4, -0.2) is 16.5 Å². The minimum atomic E-state index is 0.338. The van der Waals surface area contributed by atoms with Gasteiger partial charge in [-0.05, 0) is 30.9 Å². The van der Waals surface area contributed by atoms with Crippen molar-refractivity contribution in [3.05, 3.63) is 24.0 Å². The zero-order valence-electron chi connectivity index (χ0n) is 10.3. The Hall–Kier alpha value is -0.830. The second-order valence-electron chi connectivity index (χ2n) is 4.62. The summed E-state index contributed by atoms with van der Waals surface area (Å²) in [7, 11) is 0. The first-order valence-corrected chi connectivity index (χ1v) is 7.37. The molecule has 0 bridgehead atoms. The van der Waals surface area contributed by atoms with Crippen LogP contribution in [0.2, 0.25) is 0 Å². The first-order chi connectivity index (χ1) is 8.29. The second kappa shape index (κ2) is 6.20. The van der Waals surface area contributed by atoms with Crippen molar-refractivity contribution in [1.82, 2.24) is 4.98 Å².